The molecule has 0 radical (unpaired) electrons. The lowest BCUT2D eigenvalue weighted by molar-refractivity contribution is -0.116. The predicted octanol–water partition coefficient (Wildman–Crippen LogP) is 1.41. The van der Waals surface area contributed by atoms with Gasteiger partial charge in [-0.25, -0.2) is 9.18 Å². The molecule has 0 spiro atoms. The number of hydrogen-bond acceptors (Lipinski definition) is 2. The molecule has 0 atom stereocenters. The van der Waals surface area contributed by atoms with Gasteiger partial charge in [0.25, 0.3) is 0 Å². The molecule has 5 heteroatoms. The normalized spacial score (nSPS) is 14.3. The van der Waals surface area contributed by atoms with Crippen LogP contribution in [0.3, 0.4) is 0 Å². The summed E-state index contributed by atoms with van der Waals surface area (Å²) in [5.41, 5.74) is 0.560. The van der Waals surface area contributed by atoms with E-state index in [4.69, 9.17) is 5.11 Å². The number of halogens is 1. The Morgan fingerprint density at radius 1 is 1.40 bits per heavy atom. The van der Waals surface area contributed by atoms with Gasteiger partial charge in [0.1, 0.15) is 5.82 Å². The van der Waals surface area contributed by atoms with Gasteiger partial charge in [0.15, 0.2) is 0 Å². The van der Waals surface area contributed by atoms with E-state index in [9.17, 15) is 14.0 Å². The lowest BCUT2D eigenvalue weighted by Crippen LogP contribution is -2.21. The average Bonchev–Trinajstić information content (AvgIpc) is 2.17. The Morgan fingerprint density at radius 2 is 2.13 bits per heavy atom. The van der Waals surface area contributed by atoms with Crippen LogP contribution in [-0.2, 0) is 11.2 Å². The van der Waals surface area contributed by atoms with Gasteiger partial charge in [0.2, 0.25) is 5.91 Å². The lowest BCUT2D eigenvalue weighted by atomic mass is 9.99. The van der Waals surface area contributed by atoms with E-state index in [-0.39, 0.29) is 23.6 Å². The summed E-state index contributed by atoms with van der Waals surface area (Å²) in [6.45, 7) is 0. The van der Waals surface area contributed by atoms with Crippen LogP contribution in [0.2, 0.25) is 0 Å². The molecule has 1 aliphatic heterocycles. The third kappa shape index (κ3) is 1.68. The highest BCUT2D eigenvalue weighted by Gasteiger charge is 2.22. The monoisotopic (exact) mass is 209 g/mol. The van der Waals surface area contributed by atoms with E-state index in [1.54, 1.807) is 0 Å². The standard InChI is InChI=1S/C10H8FNO3/c11-6-3-5-1-2-8(13)12-9(5)7(4-6)10(14)15/h3-4H,1-2H2,(H,12,13)(H,14,15). The molecule has 1 amide bonds. The summed E-state index contributed by atoms with van der Waals surface area (Å²) in [7, 11) is 0. The van der Waals surface area contributed by atoms with Gasteiger partial charge >= 0.3 is 5.97 Å². The van der Waals surface area contributed by atoms with Crippen molar-refractivity contribution in [3.05, 3.63) is 29.1 Å². The molecule has 0 unspecified atom stereocenters. The van der Waals surface area contributed by atoms with Crippen LogP contribution in [0.25, 0.3) is 0 Å². The van der Waals surface area contributed by atoms with Gasteiger partial charge in [0.05, 0.1) is 11.3 Å². The Labute approximate surface area is 84.7 Å². The molecule has 0 aliphatic carbocycles. The molecule has 1 aromatic rings. The molecule has 1 heterocycles. The van der Waals surface area contributed by atoms with Gasteiger partial charge < -0.3 is 10.4 Å². The van der Waals surface area contributed by atoms with Crippen molar-refractivity contribution in [2.75, 3.05) is 5.32 Å². The minimum atomic E-state index is -1.24. The second kappa shape index (κ2) is 3.34. The second-order valence-electron chi connectivity index (χ2n) is 3.34. The minimum Gasteiger partial charge on any atom is -0.478 e. The number of aromatic carboxylic acids is 1. The molecule has 2 rings (SSSR count). The van der Waals surface area contributed by atoms with E-state index >= 15 is 0 Å². The zero-order valence-corrected chi connectivity index (χ0v) is 7.71. The van der Waals surface area contributed by atoms with Gasteiger partial charge in [-0.15, -0.1) is 0 Å². The summed E-state index contributed by atoms with van der Waals surface area (Å²) < 4.78 is 13.0. The molecule has 0 aromatic heterocycles. The first-order valence-electron chi connectivity index (χ1n) is 4.43. The van der Waals surface area contributed by atoms with Gasteiger partial charge in [-0.2, -0.15) is 0 Å². The number of nitrogens with one attached hydrogen (secondary N) is 1. The van der Waals surface area contributed by atoms with Crippen LogP contribution in [0.1, 0.15) is 22.3 Å². The lowest BCUT2D eigenvalue weighted by Gasteiger charge is -2.18. The quantitative estimate of drug-likeness (QED) is 0.734. The van der Waals surface area contributed by atoms with Crippen LogP contribution in [0.5, 0.6) is 0 Å². The van der Waals surface area contributed by atoms with E-state index in [1.165, 1.54) is 6.07 Å². The number of carboxylic acid groups (broad SMARTS) is 1. The number of benzene rings is 1. The number of carbonyl (C=O) groups is 2. The SMILES string of the molecule is O=C1CCc2cc(F)cc(C(=O)O)c2N1. The topological polar surface area (TPSA) is 66.4 Å². The van der Waals surface area contributed by atoms with Crippen molar-refractivity contribution in [3.8, 4) is 0 Å². The molecule has 0 saturated carbocycles. The molecule has 4 nitrogen and oxygen atoms in total. The first kappa shape index (κ1) is 9.64. The van der Waals surface area contributed by atoms with E-state index < -0.39 is 11.8 Å². The molecule has 0 saturated heterocycles. The van der Waals surface area contributed by atoms with E-state index in [0.29, 0.717) is 12.0 Å². The molecule has 1 aromatic carbocycles. The maximum absolute atomic E-state index is 13.0. The van der Waals surface area contributed by atoms with E-state index in [0.717, 1.165) is 6.07 Å². The molecular formula is C10H8FNO3. The Hall–Kier alpha value is -1.91. The van der Waals surface area contributed by atoms with Crippen molar-refractivity contribution < 1.29 is 19.1 Å². The Bertz CT molecular complexity index is 456. The van der Waals surface area contributed by atoms with Gasteiger partial charge in [-0.3, -0.25) is 4.79 Å². The zero-order valence-electron chi connectivity index (χ0n) is 7.71. The molecular weight excluding hydrogens is 201 g/mol. The maximum atomic E-state index is 13.0. The van der Waals surface area contributed by atoms with Crippen molar-refractivity contribution in [3.63, 3.8) is 0 Å². The summed E-state index contributed by atoms with van der Waals surface area (Å²) in [4.78, 5) is 21.9. The Kier molecular flexibility index (Phi) is 2.15. The molecule has 78 valence electrons. The zero-order chi connectivity index (χ0) is 11.0. The molecule has 0 bridgehead atoms. The number of carbonyl (C=O) groups excluding carboxylic acids is 1. The van der Waals surface area contributed by atoms with Crippen LogP contribution in [0.15, 0.2) is 12.1 Å². The highest BCUT2D eigenvalue weighted by molar-refractivity contribution is 6.03. The number of hydrogen-bond donors (Lipinski definition) is 2. The van der Waals surface area contributed by atoms with E-state index in [1.807, 2.05) is 0 Å². The smallest absolute Gasteiger partial charge is 0.337 e. The van der Waals surface area contributed by atoms with E-state index in [2.05, 4.69) is 5.32 Å². The van der Waals surface area contributed by atoms with Crippen molar-refractivity contribution in [1.29, 1.82) is 0 Å². The average molecular weight is 209 g/mol. The number of fused-ring (bicyclic) bond motifs is 1. The summed E-state index contributed by atoms with van der Waals surface area (Å²) >= 11 is 0. The molecule has 0 fully saturated rings. The first-order chi connectivity index (χ1) is 7.08. The summed E-state index contributed by atoms with van der Waals surface area (Å²) in [6, 6.07) is 2.16. The van der Waals surface area contributed by atoms with Crippen LogP contribution in [-0.4, -0.2) is 17.0 Å². The summed E-state index contributed by atoms with van der Waals surface area (Å²) in [5.74, 6) is -2.08. The van der Waals surface area contributed by atoms with Crippen molar-refractivity contribution in [1.82, 2.24) is 0 Å². The van der Waals surface area contributed by atoms with Crippen molar-refractivity contribution in [2.45, 2.75) is 12.8 Å². The Morgan fingerprint density at radius 3 is 2.80 bits per heavy atom. The second-order valence-corrected chi connectivity index (χ2v) is 3.34. The summed E-state index contributed by atoms with van der Waals surface area (Å²) in [5, 5.41) is 11.3. The minimum absolute atomic E-state index is 0.196. The highest BCUT2D eigenvalue weighted by Crippen LogP contribution is 2.27. The first-order valence-corrected chi connectivity index (χ1v) is 4.43. The fraction of sp³-hybridized carbons (Fsp3) is 0.200. The van der Waals surface area contributed by atoms with Crippen molar-refractivity contribution >= 4 is 17.6 Å². The molecule has 2 N–H and O–H groups in total. The van der Waals surface area contributed by atoms with Crippen molar-refractivity contribution in [2.24, 2.45) is 0 Å². The van der Waals surface area contributed by atoms with Crippen LogP contribution >= 0.6 is 0 Å². The number of aryl methyl sites for hydroxylation is 1. The fourth-order valence-electron chi connectivity index (χ4n) is 1.63. The molecule has 15 heavy (non-hydrogen) atoms. The molecule has 1 aliphatic rings. The van der Waals surface area contributed by atoms with Gasteiger partial charge in [-0.1, -0.05) is 0 Å². The fourth-order valence-corrected chi connectivity index (χ4v) is 1.63. The number of carboxylic acids is 1. The predicted molar refractivity (Wildman–Crippen MR) is 50.3 cm³/mol. The highest BCUT2D eigenvalue weighted by atomic mass is 19.1. The van der Waals surface area contributed by atoms with Crippen LogP contribution in [0.4, 0.5) is 10.1 Å². The summed E-state index contributed by atoms with van der Waals surface area (Å²) in [6.07, 6.45) is 0.634. The number of amides is 1. The van der Waals surface area contributed by atoms with Gasteiger partial charge in [0, 0.05) is 6.42 Å². The van der Waals surface area contributed by atoms with Crippen LogP contribution in [0, 0.1) is 5.82 Å². The largest absolute Gasteiger partial charge is 0.478 e. The maximum Gasteiger partial charge on any atom is 0.337 e. The van der Waals surface area contributed by atoms with Crippen LogP contribution < -0.4 is 5.32 Å². The Balaban J connectivity index is 2.60. The third-order valence-electron chi connectivity index (χ3n) is 2.30. The van der Waals surface area contributed by atoms with Gasteiger partial charge in [-0.05, 0) is 24.1 Å². The number of rotatable bonds is 1. The third-order valence-corrected chi connectivity index (χ3v) is 2.30. The number of anilines is 1.